The third-order valence-electron chi connectivity index (χ3n) is 4.34. The van der Waals surface area contributed by atoms with Crippen molar-refractivity contribution >= 4 is 0 Å². The van der Waals surface area contributed by atoms with E-state index in [0.29, 0.717) is 18.2 Å². The summed E-state index contributed by atoms with van der Waals surface area (Å²) >= 11 is 0. The molecule has 0 spiro atoms. The van der Waals surface area contributed by atoms with Gasteiger partial charge in [0, 0.05) is 30.0 Å². The van der Waals surface area contributed by atoms with Gasteiger partial charge in [0.05, 0.1) is 0 Å². The molecule has 1 heterocycles. The second-order valence-corrected chi connectivity index (χ2v) is 6.48. The Morgan fingerprint density at radius 2 is 2.19 bits per heavy atom. The van der Waals surface area contributed by atoms with Crippen molar-refractivity contribution in [1.82, 2.24) is 15.3 Å². The van der Waals surface area contributed by atoms with Gasteiger partial charge in [-0.2, -0.15) is 0 Å². The van der Waals surface area contributed by atoms with Gasteiger partial charge in [0.15, 0.2) is 0 Å². The second-order valence-electron chi connectivity index (χ2n) is 6.48. The summed E-state index contributed by atoms with van der Waals surface area (Å²) in [7, 11) is 0. The lowest BCUT2D eigenvalue weighted by Crippen LogP contribution is -2.26. The standard InChI is InChI=1S/C17H29N3O/c1-5-14-7-6-8-16(9-14)21-17-19-11-15(13(4)20-17)10-18-12(2)3/h11-12,14,16,18H,5-10H2,1-4H3. The predicted octanol–water partition coefficient (Wildman–Crippen LogP) is 3.63. The zero-order valence-electron chi connectivity index (χ0n) is 13.9. The van der Waals surface area contributed by atoms with Crippen LogP contribution >= 0.6 is 0 Å². The molecule has 0 amide bonds. The topological polar surface area (TPSA) is 47.0 Å². The SMILES string of the molecule is CCC1CCCC(Oc2ncc(CNC(C)C)c(C)n2)C1. The summed E-state index contributed by atoms with van der Waals surface area (Å²) < 4.78 is 6.01. The molecule has 1 aromatic heterocycles. The Kier molecular flexibility index (Phi) is 5.97. The van der Waals surface area contributed by atoms with Crippen molar-refractivity contribution in [2.45, 2.75) is 78.5 Å². The van der Waals surface area contributed by atoms with Gasteiger partial charge in [-0.05, 0) is 32.1 Å². The van der Waals surface area contributed by atoms with Gasteiger partial charge in [-0.1, -0.05) is 33.6 Å². The van der Waals surface area contributed by atoms with Gasteiger partial charge in [-0.3, -0.25) is 0 Å². The molecule has 1 saturated carbocycles. The fraction of sp³-hybridized carbons (Fsp3) is 0.765. The first kappa shape index (κ1) is 16.2. The first-order valence-corrected chi connectivity index (χ1v) is 8.31. The highest BCUT2D eigenvalue weighted by Crippen LogP contribution is 2.28. The zero-order valence-corrected chi connectivity index (χ0v) is 13.9. The molecule has 4 heteroatoms. The Morgan fingerprint density at radius 3 is 2.86 bits per heavy atom. The van der Waals surface area contributed by atoms with Crippen molar-refractivity contribution in [3.63, 3.8) is 0 Å². The smallest absolute Gasteiger partial charge is 0.316 e. The van der Waals surface area contributed by atoms with Crippen molar-refractivity contribution in [2.24, 2.45) is 5.92 Å². The summed E-state index contributed by atoms with van der Waals surface area (Å²) in [6, 6.07) is 1.01. The van der Waals surface area contributed by atoms with E-state index in [9.17, 15) is 0 Å². The van der Waals surface area contributed by atoms with Gasteiger partial charge < -0.3 is 10.1 Å². The monoisotopic (exact) mass is 291 g/mol. The number of aryl methyl sites for hydroxylation is 1. The molecule has 1 N–H and O–H groups in total. The Morgan fingerprint density at radius 1 is 1.38 bits per heavy atom. The first-order chi connectivity index (χ1) is 10.1. The number of hydrogen-bond donors (Lipinski definition) is 1. The maximum absolute atomic E-state index is 6.01. The highest BCUT2D eigenvalue weighted by molar-refractivity contribution is 5.17. The molecule has 1 aliphatic rings. The van der Waals surface area contributed by atoms with E-state index in [-0.39, 0.29) is 0 Å². The number of ether oxygens (including phenoxy) is 1. The third kappa shape index (κ3) is 4.95. The summed E-state index contributed by atoms with van der Waals surface area (Å²) in [5.41, 5.74) is 2.15. The number of nitrogens with zero attached hydrogens (tertiary/aromatic N) is 2. The Labute approximate surface area is 128 Å². The third-order valence-corrected chi connectivity index (χ3v) is 4.34. The molecule has 0 aliphatic heterocycles. The Hall–Kier alpha value is -1.16. The summed E-state index contributed by atoms with van der Waals surface area (Å²) in [4.78, 5) is 8.91. The van der Waals surface area contributed by atoms with Crippen LogP contribution in [0.5, 0.6) is 6.01 Å². The molecule has 2 unspecified atom stereocenters. The lowest BCUT2D eigenvalue weighted by atomic mass is 9.85. The van der Waals surface area contributed by atoms with Gasteiger partial charge in [-0.15, -0.1) is 0 Å². The van der Waals surface area contributed by atoms with Gasteiger partial charge in [0.1, 0.15) is 6.10 Å². The Bertz CT molecular complexity index is 448. The molecule has 2 rings (SSSR count). The van der Waals surface area contributed by atoms with Gasteiger partial charge in [0.2, 0.25) is 0 Å². The molecule has 2 atom stereocenters. The number of hydrogen-bond acceptors (Lipinski definition) is 4. The minimum atomic E-state index is 0.294. The average molecular weight is 291 g/mol. The van der Waals surface area contributed by atoms with Crippen LogP contribution in [0.15, 0.2) is 6.20 Å². The quantitative estimate of drug-likeness (QED) is 0.869. The van der Waals surface area contributed by atoms with Crippen LogP contribution in [0.4, 0.5) is 0 Å². The van der Waals surface area contributed by atoms with Crippen molar-refractivity contribution < 1.29 is 4.74 Å². The number of nitrogens with one attached hydrogen (secondary N) is 1. The fourth-order valence-electron chi connectivity index (χ4n) is 2.88. The lowest BCUT2D eigenvalue weighted by Gasteiger charge is -2.28. The van der Waals surface area contributed by atoms with E-state index in [1.54, 1.807) is 0 Å². The molecule has 1 fully saturated rings. The van der Waals surface area contributed by atoms with Crippen LogP contribution < -0.4 is 10.1 Å². The summed E-state index contributed by atoms with van der Waals surface area (Å²) in [6.45, 7) is 9.39. The molecule has 0 saturated heterocycles. The van der Waals surface area contributed by atoms with Crippen molar-refractivity contribution in [3.05, 3.63) is 17.5 Å². The minimum absolute atomic E-state index is 0.294. The van der Waals surface area contributed by atoms with E-state index in [0.717, 1.165) is 36.6 Å². The van der Waals surface area contributed by atoms with Gasteiger partial charge in [0.25, 0.3) is 0 Å². The highest BCUT2D eigenvalue weighted by Gasteiger charge is 2.23. The van der Waals surface area contributed by atoms with Crippen LogP contribution in [0, 0.1) is 12.8 Å². The van der Waals surface area contributed by atoms with E-state index in [1.807, 2.05) is 13.1 Å². The van der Waals surface area contributed by atoms with Crippen LogP contribution in [0.25, 0.3) is 0 Å². The van der Waals surface area contributed by atoms with Crippen LogP contribution in [0.1, 0.15) is 64.1 Å². The fourth-order valence-corrected chi connectivity index (χ4v) is 2.88. The maximum Gasteiger partial charge on any atom is 0.316 e. The minimum Gasteiger partial charge on any atom is -0.460 e. The predicted molar refractivity (Wildman–Crippen MR) is 85.4 cm³/mol. The largest absolute Gasteiger partial charge is 0.460 e. The van der Waals surface area contributed by atoms with Crippen LogP contribution in [0.3, 0.4) is 0 Å². The number of rotatable bonds is 6. The van der Waals surface area contributed by atoms with Gasteiger partial charge in [-0.25, -0.2) is 9.97 Å². The first-order valence-electron chi connectivity index (χ1n) is 8.31. The van der Waals surface area contributed by atoms with E-state index in [2.05, 4.69) is 36.1 Å². The maximum atomic E-state index is 6.01. The number of aromatic nitrogens is 2. The molecule has 0 radical (unpaired) electrons. The van der Waals surface area contributed by atoms with Crippen LogP contribution in [-0.2, 0) is 6.54 Å². The second kappa shape index (κ2) is 7.74. The van der Waals surface area contributed by atoms with Gasteiger partial charge >= 0.3 is 6.01 Å². The molecule has 118 valence electrons. The van der Waals surface area contributed by atoms with Crippen LogP contribution in [0.2, 0.25) is 0 Å². The molecule has 1 aromatic rings. The Balaban J connectivity index is 1.93. The average Bonchev–Trinajstić information content (AvgIpc) is 2.46. The van der Waals surface area contributed by atoms with Crippen LogP contribution in [-0.4, -0.2) is 22.1 Å². The molecule has 21 heavy (non-hydrogen) atoms. The normalized spacial score (nSPS) is 22.5. The molecule has 4 nitrogen and oxygen atoms in total. The van der Waals surface area contributed by atoms with E-state index in [4.69, 9.17) is 4.74 Å². The molecule has 0 bridgehead atoms. The molecular weight excluding hydrogens is 262 g/mol. The summed E-state index contributed by atoms with van der Waals surface area (Å²) in [5, 5.41) is 3.40. The highest BCUT2D eigenvalue weighted by atomic mass is 16.5. The van der Waals surface area contributed by atoms with Crippen molar-refractivity contribution in [1.29, 1.82) is 0 Å². The van der Waals surface area contributed by atoms with E-state index in [1.165, 1.54) is 19.3 Å². The lowest BCUT2D eigenvalue weighted by molar-refractivity contribution is 0.111. The zero-order chi connectivity index (χ0) is 15.2. The molecule has 1 aliphatic carbocycles. The molecule has 0 aromatic carbocycles. The van der Waals surface area contributed by atoms with E-state index < -0.39 is 0 Å². The van der Waals surface area contributed by atoms with E-state index >= 15 is 0 Å². The summed E-state index contributed by atoms with van der Waals surface area (Å²) in [6.07, 6.45) is 8.33. The molecular formula is C17H29N3O. The summed E-state index contributed by atoms with van der Waals surface area (Å²) in [5.74, 6) is 0.805. The van der Waals surface area contributed by atoms with Crippen molar-refractivity contribution in [3.8, 4) is 6.01 Å². The van der Waals surface area contributed by atoms with Crippen molar-refractivity contribution in [2.75, 3.05) is 0 Å².